The first-order chi connectivity index (χ1) is 10.1. The molecule has 0 saturated carbocycles. The van der Waals surface area contributed by atoms with Gasteiger partial charge in [-0.25, -0.2) is 0 Å². The summed E-state index contributed by atoms with van der Waals surface area (Å²) >= 11 is 0. The van der Waals surface area contributed by atoms with Crippen LogP contribution >= 0.6 is 0 Å². The summed E-state index contributed by atoms with van der Waals surface area (Å²) in [5, 5.41) is 13.8. The number of benzene rings is 1. The quantitative estimate of drug-likeness (QED) is 0.808. The van der Waals surface area contributed by atoms with Gasteiger partial charge in [-0.15, -0.1) is 0 Å². The van der Waals surface area contributed by atoms with Crippen molar-refractivity contribution >= 4 is 0 Å². The maximum atomic E-state index is 10.4. The van der Waals surface area contributed by atoms with Crippen molar-refractivity contribution in [1.29, 1.82) is 0 Å². The van der Waals surface area contributed by atoms with E-state index in [4.69, 9.17) is 4.74 Å². The lowest BCUT2D eigenvalue weighted by Gasteiger charge is -2.23. The van der Waals surface area contributed by atoms with Crippen LogP contribution in [-0.2, 0) is 0 Å². The highest BCUT2D eigenvalue weighted by atomic mass is 16.5. The molecule has 2 rings (SSSR count). The second-order valence-electron chi connectivity index (χ2n) is 6.08. The fourth-order valence-electron chi connectivity index (χ4n) is 2.95. The molecule has 2 N–H and O–H groups in total. The van der Waals surface area contributed by atoms with Crippen molar-refractivity contribution in [3.63, 3.8) is 0 Å². The van der Waals surface area contributed by atoms with Gasteiger partial charge >= 0.3 is 0 Å². The summed E-state index contributed by atoms with van der Waals surface area (Å²) in [6.07, 6.45) is 2.09. The van der Waals surface area contributed by atoms with Crippen molar-refractivity contribution in [3.8, 4) is 5.75 Å². The van der Waals surface area contributed by atoms with Crippen LogP contribution in [0.4, 0.5) is 0 Å². The van der Waals surface area contributed by atoms with Gasteiger partial charge in [0.15, 0.2) is 0 Å². The lowest BCUT2D eigenvalue weighted by atomic mass is 10.0. The zero-order valence-electron chi connectivity index (χ0n) is 13.4. The Bertz CT molecular complexity index is 444. The summed E-state index contributed by atoms with van der Waals surface area (Å²) in [4.78, 5) is 2.48. The average molecular weight is 292 g/mol. The van der Waals surface area contributed by atoms with Gasteiger partial charge in [0, 0.05) is 24.7 Å². The SMILES string of the molecule is COc1ccc(C)cc1C(O)CNC(C)CN1CCCC1. The average Bonchev–Trinajstić information content (AvgIpc) is 2.97. The van der Waals surface area contributed by atoms with Crippen LogP contribution in [0.5, 0.6) is 5.75 Å². The fourth-order valence-corrected chi connectivity index (χ4v) is 2.95. The summed E-state index contributed by atoms with van der Waals surface area (Å²) in [7, 11) is 1.64. The molecule has 1 aliphatic rings. The standard InChI is InChI=1S/C17H28N2O2/c1-13-6-7-17(21-3)15(10-13)16(20)11-18-14(2)12-19-8-4-5-9-19/h6-7,10,14,16,18,20H,4-5,8-9,11-12H2,1-3H3. The zero-order chi connectivity index (χ0) is 15.2. The van der Waals surface area contributed by atoms with Crippen LogP contribution in [0.1, 0.15) is 37.0 Å². The molecule has 0 aliphatic carbocycles. The molecule has 0 spiro atoms. The number of hydrogen-bond donors (Lipinski definition) is 2. The molecule has 1 aliphatic heterocycles. The summed E-state index contributed by atoms with van der Waals surface area (Å²) < 4.78 is 5.34. The monoisotopic (exact) mass is 292 g/mol. The second kappa shape index (κ2) is 7.78. The van der Waals surface area contributed by atoms with E-state index >= 15 is 0 Å². The highest BCUT2D eigenvalue weighted by Crippen LogP contribution is 2.25. The number of aliphatic hydroxyl groups excluding tert-OH is 1. The van der Waals surface area contributed by atoms with E-state index in [1.807, 2.05) is 25.1 Å². The second-order valence-corrected chi connectivity index (χ2v) is 6.08. The van der Waals surface area contributed by atoms with Crippen LogP contribution in [0.2, 0.25) is 0 Å². The first kappa shape index (κ1) is 16.3. The van der Waals surface area contributed by atoms with Gasteiger partial charge in [-0.2, -0.15) is 0 Å². The topological polar surface area (TPSA) is 44.7 Å². The van der Waals surface area contributed by atoms with Crippen LogP contribution in [0.3, 0.4) is 0 Å². The van der Waals surface area contributed by atoms with Crippen molar-refractivity contribution in [2.24, 2.45) is 0 Å². The number of methoxy groups -OCH3 is 1. The van der Waals surface area contributed by atoms with E-state index in [0.29, 0.717) is 12.6 Å². The van der Waals surface area contributed by atoms with Crippen LogP contribution in [-0.4, -0.2) is 49.3 Å². The molecule has 0 amide bonds. The highest BCUT2D eigenvalue weighted by molar-refractivity contribution is 5.38. The van der Waals surface area contributed by atoms with E-state index < -0.39 is 6.10 Å². The number of nitrogens with zero attached hydrogens (tertiary/aromatic N) is 1. The van der Waals surface area contributed by atoms with Crippen molar-refractivity contribution in [2.45, 2.75) is 38.8 Å². The third-order valence-corrected chi connectivity index (χ3v) is 4.13. The molecule has 0 aromatic heterocycles. The molecular formula is C17H28N2O2. The summed E-state index contributed by atoms with van der Waals surface area (Å²) in [5.74, 6) is 0.752. The minimum atomic E-state index is -0.541. The van der Waals surface area contributed by atoms with Crippen molar-refractivity contribution in [3.05, 3.63) is 29.3 Å². The van der Waals surface area contributed by atoms with E-state index in [-0.39, 0.29) is 0 Å². The normalized spacial score (nSPS) is 18.7. The lowest BCUT2D eigenvalue weighted by molar-refractivity contribution is 0.162. The van der Waals surface area contributed by atoms with Crippen LogP contribution in [0, 0.1) is 6.92 Å². The molecular weight excluding hydrogens is 264 g/mol. The smallest absolute Gasteiger partial charge is 0.124 e. The van der Waals surface area contributed by atoms with Crippen molar-refractivity contribution in [1.82, 2.24) is 10.2 Å². The van der Waals surface area contributed by atoms with E-state index in [1.54, 1.807) is 7.11 Å². The van der Waals surface area contributed by atoms with Gasteiger partial charge in [-0.1, -0.05) is 11.6 Å². The maximum Gasteiger partial charge on any atom is 0.124 e. The van der Waals surface area contributed by atoms with Gasteiger partial charge in [-0.3, -0.25) is 0 Å². The van der Waals surface area contributed by atoms with Gasteiger partial charge in [0.05, 0.1) is 13.2 Å². The Morgan fingerprint density at radius 2 is 2.05 bits per heavy atom. The largest absolute Gasteiger partial charge is 0.496 e. The maximum absolute atomic E-state index is 10.4. The number of ether oxygens (including phenoxy) is 1. The first-order valence-electron chi connectivity index (χ1n) is 7.88. The molecule has 0 bridgehead atoms. The Labute approximate surface area is 128 Å². The number of aryl methyl sites for hydroxylation is 1. The van der Waals surface area contributed by atoms with Gasteiger partial charge in [0.1, 0.15) is 5.75 Å². The molecule has 1 fully saturated rings. The fraction of sp³-hybridized carbons (Fsp3) is 0.647. The molecule has 2 unspecified atom stereocenters. The third-order valence-electron chi connectivity index (χ3n) is 4.13. The number of aliphatic hydroxyl groups is 1. The predicted octanol–water partition coefficient (Wildman–Crippen LogP) is 2.11. The Morgan fingerprint density at radius 1 is 1.33 bits per heavy atom. The van der Waals surface area contributed by atoms with Gasteiger partial charge in [0.25, 0.3) is 0 Å². The minimum Gasteiger partial charge on any atom is -0.496 e. The van der Waals surface area contributed by atoms with E-state index in [1.165, 1.54) is 25.9 Å². The molecule has 0 radical (unpaired) electrons. The molecule has 2 atom stereocenters. The summed E-state index contributed by atoms with van der Waals surface area (Å²) in [6, 6.07) is 6.30. The molecule has 4 heteroatoms. The molecule has 1 aromatic rings. The number of hydrogen-bond acceptors (Lipinski definition) is 4. The van der Waals surface area contributed by atoms with Gasteiger partial charge in [-0.05, 0) is 51.9 Å². The lowest BCUT2D eigenvalue weighted by Crippen LogP contribution is -2.39. The van der Waals surface area contributed by atoms with Crippen LogP contribution in [0.25, 0.3) is 0 Å². The Morgan fingerprint density at radius 3 is 2.71 bits per heavy atom. The van der Waals surface area contributed by atoms with Crippen LogP contribution < -0.4 is 10.1 Å². The van der Waals surface area contributed by atoms with Crippen LogP contribution in [0.15, 0.2) is 18.2 Å². The molecule has 4 nitrogen and oxygen atoms in total. The number of nitrogens with one attached hydrogen (secondary N) is 1. The van der Waals surface area contributed by atoms with Crippen molar-refractivity contribution < 1.29 is 9.84 Å². The van der Waals surface area contributed by atoms with E-state index in [0.717, 1.165) is 23.4 Å². The van der Waals surface area contributed by atoms with Gasteiger partial charge in [0.2, 0.25) is 0 Å². The molecule has 118 valence electrons. The minimum absolute atomic E-state index is 0.383. The summed E-state index contributed by atoms with van der Waals surface area (Å²) in [5.41, 5.74) is 1.99. The number of likely N-dealkylation sites (tertiary alicyclic amines) is 1. The zero-order valence-corrected chi connectivity index (χ0v) is 13.4. The molecule has 21 heavy (non-hydrogen) atoms. The third kappa shape index (κ3) is 4.70. The Balaban J connectivity index is 1.85. The van der Waals surface area contributed by atoms with Gasteiger partial charge < -0.3 is 20.1 Å². The highest BCUT2D eigenvalue weighted by Gasteiger charge is 2.17. The Hall–Kier alpha value is -1.10. The number of rotatable bonds is 7. The summed E-state index contributed by atoms with van der Waals surface area (Å²) in [6.45, 7) is 8.23. The molecule has 1 saturated heterocycles. The Kier molecular flexibility index (Phi) is 6.03. The molecule has 1 aromatic carbocycles. The van der Waals surface area contributed by atoms with Crippen molar-refractivity contribution in [2.75, 3.05) is 33.3 Å². The molecule has 1 heterocycles. The predicted molar refractivity (Wildman–Crippen MR) is 85.8 cm³/mol. The first-order valence-corrected chi connectivity index (χ1v) is 7.88. The van der Waals surface area contributed by atoms with E-state index in [9.17, 15) is 5.11 Å². The van der Waals surface area contributed by atoms with E-state index in [2.05, 4.69) is 17.1 Å².